The first-order valence-corrected chi connectivity index (χ1v) is 3.24. The van der Waals surface area contributed by atoms with Crippen molar-refractivity contribution in [2.75, 3.05) is 13.2 Å². The summed E-state index contributed by atoms with van der Waals surface area (Å²) < 4.78 is 17.3. The number of halogens is 1. The maximum absolute atomic E-state index is 12.4. The van der Waals surface area contributed by atoms with E-state index in [2.05, 4.69) is 6.07 Å². The summed E-state index contributed by atoms with van der Waals surface area (Å²) in [5, 5.41) is 8.36. The maximum Gasteiger partial charge on any atom is 0.130 e. The molecule has 1 radical (unpaired) electrons. The molecule has 3 heteroatoms. The molecular formula is C8H8FO2. The Labute approximate surface area is 64.2 Å². The molecule has 2 nitrogen and oxygen atoms in total. The number of aliphatic hydroxyl groups excluding tert-OH is 1. The number of aliphatic hydroxyl groups is 1. The van der Waals surface area contributed by atoms with E-state index in [-0.39, 0.29) is 19.0 Å². The van der Waals surface area contributed by atoms with Crippen LogP contribution in [0.1, 0.15) is 0 Å². The molecule has 1 aromatic carbocycles. The quantitative estimate of drug-likeness (QED) is 0.705. The molecule has 0 spiro atoms. The van der Waals surface area contributed by atoms with Crippen molar-refractivity contribution in [3.8, 4) is 5.75 Å². The molecule has 0 fully saturated rings. The minimum atomic E-state index is -0.364. The predicted octanol–water partition coefficient (Wildman–Crippen LogP) is 0.997. The lowest BCUT2D eigenvalue weighted by Gasteiger charge is -2.01. The van der Waals surface area contributed by atoms with Crippen molar-refractivity contribution in [2.24, 2.45) is 0 Å². The van der Waals surface area contributed by atoms with Gasteiger partial charge in [-0.3, -0.25) is 0 Å². The Kier molecular flexibility index (Phi) is 2.86. The Balaban J connectivity index is 2.56. The third-order valence-corrected chi connectivity index (χ3v) is 1.09. The summed E-state index contributed by atoms with van der Waals surface area (Å²) in [7, 11) is 0. The minimum Gasteiger partial charge on any atom is -0.490 e. The van der Waals surface area contributed by atoms with Crippen LogP contribution in [-0.2, 0) is 0 Å². The molecule has 0 unspecified atom stereocenters. The largest absolute Gasteiger partial charge is 0.490 e. The number of hydrogen-bond acceptors (Lipinski definition) is 2. The summed E-state index contributed by atoms with van der Waals surface area (Å²) in [5.74, 6) is -0.0456. The molecule has 0 bridgehead atoms. The van der Waals surface area contributed by atoms with Crippen molar-refractivity contribution in [2.45, 2.75) is 0 Å². The van der Waals surface area contributed by atoms with Crippen LogP contribution in [0.4, 0.5) is 4.39 Å². The van der Waals surface area contributed by atoms with Gasteiger partial charge >= 0.3 is 0 Å². The zero-order valence-corrected chi connectivity index (χ0v) is 5.88. The first-order chi connectivity index (χ1) is 5.33. The van der Waals surface area contributed by atoms with E-state index in [4.69, 9.17) is 9.84 Å². The highest BCUT2D eigenvalue weighted by Gasteiger charge is 1.94. The molecule has 1 N–H and O–H groups in total. The highest BCUT2D eigenvalue weighted by Crippen LogP contribution is 2.10. The summed E-state index contributed by atoms with van der Waals surface area (Å²) >= 11 is 0. The Bertz CT molecular complexity index is 225. The molecular weight excluding hydrogens is 147 g/mol. The van der Waals surface area contributed by atoms with E-state index in [1.54, 1.807) is 0 Å². The lowest BCUT2D eigenvalue weighted by Crippen LogP contribution is -2.01. The van der Waals surface area contributed by atoms with E-state index < -0.39 is 0 Å². The average Bonchev–Trinajstić information content (AvgIpc) is 2.01. The SMILES string of the molecule is OCCOc1[c]ccc(F)c1. The number of hydrogen-bond donors (Lipinski definition) is 1. The molecule has 0 aromatic heterocycles. The summed E-state index contributed by atoms with van der Waals surface area (Å²) in [6, 6.07) is 6.60. The van der Waals surface area contributed by atoms with Gasteiger partial charge in [-0.25, -0.2) is 4.39 Å². The molecule has 0 saturated carbocycles. The summed E-state index contributed by atoms with van der Waals surface area (Å²) in [5.41, 5.74) is 0. The van der Waals surface area contributed by atoms with Crippen LogP contribution in [0.25, 0.3) is 0 Å². The van der Waals surface area contributed by atoms with Crippen LogP contribution in [0.3, 0.4) is 0 Å². The van der Waals surface area contributed by atoms with E-state index in [0.29, 0.717) is 5.75 Å². The fourth-order valence-electron chi connectivity index (χ4n) is 0.657. The number of rotatable bonds is 3. The Morgan fingerprint density at radius 1 is 1.64 bits per heavy atom. The van der Waals surface area contributed by atoms with E-state index in [1.807, 2.05) is 0 Å². The van der Waals surface area contributed by atoms with Crippen LogP contribution >= 0.6 is 0 Å². The van der Waals surface area contributed by atoms with Crippen LogP contribution < -0.4 is 4.74 Å². The highest BCUT2D eigenvalue weighted by atomic mass is 19.1. The zero-order chi connectivity index (χ0) is 8.10. The maximum atomic E-state index is 12.4. The van der Waals surface area contributed by atoms with Crippen molar-refractivity contribution in [3.05, 3.63) is 30.1 Å². The Morgan fingerprint density at radius 2 is 2.45 bits per heavy atom. The summed E-state index contributed by atoms with van der Waals surface area (Å²) in [4.78, 5) is 0. The van der Waals surface area contributed by atoms with Crippen molar-refractivity contribution >= 4 is 0 Å². The lowest BCUT2D eigenvalue weighted by atomic mass is 10.3. The fourth-order valence-corrected chi connectivity index (χ4v) is 0.657. The van der Waals surface area contributed by atoms with Gasteiger partial charge in [-0.15, -0.1) is 0 Å². The van der Waals surface area contributed by atoms with Gasteiger partial charge in [0.2, 0.25) is 0 Å². The van der Waals surface area contributed by atoms with Gasteiger partial charge in [0.1, 0.15) is 18.2 Å². The molecule has 0 aliphatic heterocycles. The van der Waals surface area contributed by atoms with Crippen molar-refractivity contribution in [3.63, 3.8) is 0 Å². The molecule has 59 valence electrons. The summed E-state index contributed by atoms with van der Waals surface area (Å²) in [6.07, 6.45) is 0. The lowest BCUT2D eigenvalue weighted by molar-refractivity contribution is 0.200. The van der Waals surface area contributed by atoms with E-state index in [0.717, 1.165) is 0 Å². The second-order valence-corrected chi connectivity index (χ2v) is 1.94. The third-order valence-electron chi connectivity index (χ3n) is 1.09. The van der Waals surface area contributed by atoms with Crippen molar-refractivity contribution in [1.82, 2.24) is 0 Å². The van der Waals surface area contributed by atoms with E-state index in [1.165, 1.54) is 18.2 Å². The van der Waals surface area contributed by atoms with Gasteiger partial charge in [0, 0.05) is 12.1 Å². The topological polar surface area (TPSA) is 29.5 Å². The predicted molar refractivity (Wildman–Crippen MR) is 37.8 cm³/mol. The first-order valence-electron chi connectivity index (χ1n) is 3.24. The second kappa shape index (κ2) is 3.93. The molecule has 0 amide bonds. The first kappa shape index (κ1) is 8.01. The van der Waals surface area contributed by atoms with Gasteiger partial charge in [-0.05, 0) is 12.1 Å². The molecule has 11 heavy (non-hydrogen) atoms. The Morgan fingerprint density at radius 3 is 3.09 bits per heavy atom. The van der Waals surface area contributed by atoms with Gasteiger partial charge in [0.15, 0.2) is 0 Å². The molecule has 0 heterocycles. The molecule has 0 atom stereocenters. The van der Waals surface area contributed by atoms with Crippen LogP contribution in [0.5, 0.6) is 5.75 Å². The van der Waals surface area contributed by atoms with Gasteiger partial charge in [0.05, 0.1) is 6.61 Å². The van der Waals surface area contributed by atoms with Crippen LogP contribution in [0, 0.1) is 11.9 Å². The summed E-state index contributed by atoms with van der Waals surface area (Å²) in [6.45, 7) is 0.0876. The van der Waals surface area contributed by atoms with E-state index in [9.17, 15) is 4.39 Å². The number of ether oxygens (including phenoxy) is 1. The zero-order valence-electron chi connectivity index (χ0n) is 5.88. The molecule has 0 aliphatic rings. The minimum absolute atomic E-state index is 0.0790. The third kappa shape index (κ3) is 2.55. The van der Waals surface area contributed by atoms with Crippen LogP contribution in [0.2, 0.25) is 0 Å². The highest BCUT2D eigenvalue weighted by molar-refractivity contribution is 5.20. The number of benzene rings is 1. The normalized spacial score (nSPS) is 9.64. The molecule has 1 aromatic rings. The second-order valence-electron chi connectivity index (χ2n) is 1.94. The van der Waals surface area contributed by atoms with Crippen LogP contribution in [-0.4, -0.2) is 18.3 Å². The Hall–Kier alpha value is -1.09. The van der Waals surface area contributed by atoms with Crippen LogP contribution in [0.15, 0.2) is 18.2 Å². The molecule has 0 saturated heterocycles. The van der Waals surface area contributed by atoms with Gasteiger partial charge in [-0.1, -0.05) is 0 Å². The van der Waals surface area contributed by atoms with Gasteiger partial charge < -0.3 is 9.84 Å². The molecule has 1 rings (SSSR count). The van der Waals surface area contributed by atoms with Gasteiger partial charge in [0.25, 0.3) is 0 Å². The van der Waals surface area contributed by atoms with Crippen molar-refractivity contribution < 1.29 is 14.2 Å². The molecule has 0 aliphatic carbocycles. The van der Waals surface area contributed by atoms with Gasteiger partial charge in [-0.2, -0.15) is 0 Å². The fraction of sp³-hybridized carbons (Fsp3) is 0.250. The smallest absolute Gasteiger partial charge is 0.130 e. The van der Waals surface area contributed by atoms with E-state index >= 15 is 0 Å². The average molecular weight is 155 g/mol. The standard InChI is InChI=1S/C8H8FO2/c9-7-2-1-3-8(6-7)11-5-4-10/h1-2,6,10H,4-5H2. The van der Waals surface area contributed by atoms with Crippen molar-refractivity contribution in [1.29, 1.82) is 0 Å². The monoisotopic (exact) mass is 155 g/mol.